The van der Waals surface area contributed by atoms with E-state index in [0.29, 0.717) is 12.5 Å². The highest BCUT2D eigenvalue weighted by molar-refractivity contribution is 5.81. The summed E-state index contributed by atoms with van der Waals surface area (Å²) in [6.45, 7) is 0.897. The molecule has 0 spiro atoms. The summed E-state index contributed by atoms with van der Waals surface area (Å²) in [5, 5.41) is 9.17. The second-order valence-electron chi connectivity index (χ2n) is 6.83. The van der Waals surface area contributed by atoms with Crippen molar-refractivity contribution in [3.8, 4) is 0 Å². The quantitative estimate of drug-likeness (QED) is 0.864. The molecule has 4 nitrogen and oxygen atoms in total. The Balaban J connectivity index is 1.63. The maximum absolute atomic E-state index is 12.8. The summed E-state index contributed by atoms with van der Waals surface area (Å²) in [5.41, 5.74) is 0. The molecule has 3 rings (SSSR count). The first-order chi connectivity index (χ1) is 9.66. The number of hydrogen-bond donors (Lipinski definition) is 1. The number of aliphatic carboxylic acids is 1. The molecule has 1 amide bonds. The zero-order valence-electron chi connectivity index (χ0n) is 12.1. The first-order valence-electron chi connectivity index (χ1n) is 8.20. The molecule has 1 aliphatic heterocycles. The fraction of sp³-hybridized carbons (Fsp3) is 0.875. The summed E-state index contributed by atoms with van der Waals surface area (Å²) in [4.78, 5) is 26.0. The van der Waals surface area contributed by atoms with Crippen molar-refractivity contribution in [1.29, 1.82) is 0 Å². The van der Waals surface area contributed by atoms with Gasteiger partial charge in [0.2, 0.25) is 5.91 Å². The molecule has 20 heavy (non-hydrogen) atoms. The smallest absolute Gasteiger partial charge is 0.306 e. The maximum Gasteiger partial charge on any atom is 0.306 e. The van der Waals surface area contributed by atoms with Crippen molar-refractivity contribution < 1.29 is 14.7 Å². The Labute approximate surface area is 120 Å². The van der Waals surface area contributed by atoms with E-state index in [-0.39, 0.29) is 17.7 Å². The molecule has 2 saturated carbocycles. The molecular weight excluding hydrogens is 254 g/mol. The van der Waals surface area contributed by atoms with Gasteiger partial charge >= 0.3 is 5.97 Å². The summed E-state index contributed by atoms with van der Waals surface area (Å²) in [5.74, 6) is -0.0851. The highest BCUT2D eigenvalue weighted by atomic mass is 16.4. The van der Waals surface area contributed by atoms with E-state index in [4.69, 9.17) is 5.11 Å². The summed E-state index contributed by atoms with van der Waals surface area (Å²) in [7, 11) is 0. The largest absolute Gasteiger partial charge is 0.481 e. The third-order valence-electron chi connectivity index (χ3n) is 5.65. The molecule has 0 radical (unpaired) electrons. The van der Waals surface area contributed by atoms with E-state index in [9.17, 15) is 9.59 Å². The van der Waals surface area contributed by atoms with Gasteiger partial charge in [-0.25, -0.2) is 0 Å². The van der Waals surface area contributed by atoms with Gasteiger partial charge in [0.25, 0.3) is 0 Å². The Morgan fingerprint density at radius 2 is 1.60 bits per heavy atom. The molecule has 0 aromatic carbocycles. The number of carbonyl (C=O) groups excluding carboxylic acids is 1. The lowest BCUT2D eigenvalue weighted by atomic mass is 9.77. The normalized spacial score (nSPS) is 34.8. The lowest BCUT2D eigenvalue weighted by molar-refractivity contribution is -0.146. The summed E-state index contributed by atoms with van der Waals surface area (Å²) in [6.07, 6.45) is 9.22. The SMILES string of the molecule is O=C(O)C1CCCC(C(=O)N2CCCC2C2CCC2)C1. The fourth-order valence-electron chi connectivity index (χ4n) is 4.25. The Bertz CT molecular complexity index is 391. The highest BCUT2D eigenvalue weighted by Gasteiger charge is 2.41. The lowest BCUT2D eigenvalue weighted by Crippen LogP contribution is -2.46. The summed E-state index contributed by atoms with van der Waals surface area (Å²) in [6, 6.07) is 0.460. The first kappa shape index (κ1) is 13.9. The standard InChI is InChI=1S/C16H25NO3/c18-15(12-6-2-7-13(10-12)16(19)20)17-9-3-8-14(17)11-4-1-5-11/h11-14H,1-10H2,(H,19,20). The maximum atomic E-state index is 12.8. The van der Waals surface area contributed by atoms with Crippen LogP contribution < -0.4 is 0 Å². The van der Waals surface area contributed by atoms with Gasteiger partial charge in [-0.1, -0.05) is 12.8 Å². The number of nitrogens with zero attached hydrogens (tertiary/aromatic N) is 1. The Hall–Kier alpha value is -1.06. The second-order valence-corrected chi connectivity index (χ2v) is 6.83. The average molecular weight is 279 g/mol. The van der Waals surface area contributed by atoms with Crippen LogP contribution in [0, 0.1) is 17.8 Å². The van der Waals surface area contributed by atoms with Crippen molar-refractivity contribution in [3.05, 3.63) is 0 Å². The third kappa shape index (κ3) is 2.57. The van der Waals surface area contributed by atoms with Crippen molar-refractivity contribution in [2.24, 2.45) is 17.8 Å². The summed E-state index contributed by atoms with van der Waals surface area (Å²) >= 11 is 0. The van der Waals surface area contributed by atoms with Crippen LogP contribution in [0.1, 0.15) is 57.8 Å². The van der Waals surface area contributed by atoms with E-state index in [0.717, 1.165) is 44.6 Å². The van der Waals surface area contributed by atoms with Gasteiger partial charge in [0.05, 0.1) is 5.92 Å². The van der Waals surface area contributed by atoms with Crippen LogP contribution in [0.4, 0.5) is 0 Å². The zero-order chi connectivity index (χ0) is 14.1. The lowest BCUT2D eigenvalue weighted by Gasteiger charge is -2.39. The number of hydrogen-bond acceptors (Lipinski definition) is 2. The fourth-order valence-corrected chi connectivity index (χ4v) is 4.25. The van der Waals surface area contributed by atoms with Crippen LogP contribution >= 0.6 is 0 Å². The Morgan fingerprint density at radius 1 is 0.900 bits per heavy atom. The van der Waals surface area contributed by atoms with Gasteiger partial charge in [0.1, 0.15) is 0 Å². The predicted octanol–water partition coefficient (Wildman–Crippen LogP) is 2.67. The van der Waals surface area contributed by atoms with Gasteiger partial charge in [0.15, 0.2) is 0 Å². The van der Waals surface area contributed by atoms with Crippen LogP contribution in [0.15, 0.2) is 0 Å². The van der Waals surface area contributed by atoms with Crippen molar-refractivity contribution in [3.63, 3.8) is 0 Å². The number of rotatable bonds is 3. The molecule has 0 aromatic heterocycles. The van der Waals surface area contributed by atoms with Crippen LogP contribution in [-0.4, -0.2) is 34.5 Å². The number of amides is 1. The molecule has 2 aliphatic carbocycles. The zero-order valence-corrected chi connectivity index (χ0v) is 12.1. The van der Waals surface area contributed by atoms with Crippen molar-refractivity contribution in [1.82, 2.24) is 4.90 Å². The van der Waals surface area contributed by atoms with Crippen molar-refractivity contribution in [2.75, 3.05) is 6.54 Å². The molecule has 1 heterocycles. The van der Waals surface area contributed by atoms with Crippen LogP contribution in [0.3, 0.4) is 0 Å². The van der Waals surface area contributed by atoms with Gasteiger partial charge in [0, 0.05) is 18.5 Å². The molecule has 0 bridgehead atoms. The Kier molecular flexibility index (Phi) is 3.99. The number of carboxylic acids is 1. The average Bonchev–Trinajstić information content (AvgIpc) is 2.85. The minimum atomic E-state index is -0.723. The molecule has 1 saturated heterocycles. The van der Waals surface area contributed by atoms with Crippen LogP contribution in [0.5, 0.6) is 0 Å². The molecule has 0 aromatic rings. The molecule has 1 N–H and O–H groups in total. The number of likely N-dealkylation sites (tertiary alicyclic amines) is 1. The third-order valence-corrected chi connectivity index (χ3v) is 5.65. The van der Waals surface area contributed by atoms with E-state index in [1.807, 2.05) is 0 Å². The second kappa shape index (κ2) is 5.74. The Morgan fingerprint density at radius 3 is 2.25 bits per heavy atom. The van der Waals surface area contributed by atoms with Crippen LogP contribution in [0.2, 0.25) is 0 Å². The molecule has 112 valence electrons. The van der Waals surface area contributed by atoms with Gasteiger partial charge in [-0.05, 0) is 50.9 Å². The molecule has 3 aliphatic rings. The minimum absolute atomic E-state index is 0.0365. The highest BCUT2D eigenvalue weighted by Crippen LogP contribution is 2.39. The van der Waals surface area contributed by atoms with Gasteiger partial charge in [-0.2, -0.15) is 0 Å². The van der Waals surface area contributed by atoms with Crippen molar-refractivity contribution in [2.45, 2.75) is 63.8 Å². The van der Waals surface area contributed by atoms with Gasteiger partial charge in [-0.15, -0.1) is 0 Å². The minimum Gasteiger partial charge on any atom is -0.481 e. The van der Waals surface area contributed by atoms with Gasteiger partial charge in [-0.3, -0.25) is 9.59 Å². The van der Waals surface area contributed by atoms with E-state index >= 15 is 0 Å². The molecular formula is C16H25NO3. The predicted molar refractivity (Wildman–Crippen MR) is 75.2 cm³/mol. The monoisotopic (exact) mass is 279 g/mol. The molecule has 3 unspecified atom stereocenters. The van der Waals surface area contributed by atoms with Crippen molar-refractivity contribution >= 4 is 11.9 Å². The van der Waals surface area contributed by atoms with Crippen LogP contribution in [0.25, 0.3) is 0 Å². The van der Waals surface area contributed by atoms with Gasteiger partial charge < -0.3 is 10.0 Å². The van der Waals surface area contributed by atoms with E-state index in [1.54, 1.807) is 0 Å². The van der Waals surface area contributed by atoms with E-state index in [2.05, 4.69) is 4.90 Å². The summed E-state index contributed by atoms with van der Waals surface area (Å²) < 4.78 is 0. The number of carbonyl (C=O) groups is 2. The molecule has 3 fully saturated rings. The topological polar surface area (TPSA) is 57.6 Å². The number of carboxylic acid groups (broad SMARTS) is 1. The van der Waals surface area contributed by atoms with E-state index < -0.39 is 5.97 Å². The van der Waals surface area contributed by atoms with Crippen LogP contribution in [-0.2, 0) is 9.59 Å². The molecule has 3 atom stereocenters. The molecule has 4 heteroatoms. The van der Waals surface area contributed by atoms with E-state index in [1.165, 1.54) is 19.3 Å². The first-order valence-corrected chi connectivity index (χ1v) is 8.20.